The van der Waals surface area contributed by atoms with Gasteiger partial charge in [0, 0.05) is 69.7 Å². The largest absolute Gasteiger partial charge is 0.344 e. The van der Waals surface area contributed by atoms with Crippen LogP contribution >= 0.6 is 54.5 Å². The average Bonchev–Trinajstić information content (AvgIpc) is 1.62. The zero-order valence-electron chi connectivity index (χ0n) is 52.3. The smallest absolute Gasteiger partial charge is 0.336 e. The molecular formula is C62H54Br2N24O8S2. The molecule has 8 N–H and O–H groups in total. The highest BCUT2D eigenvalue weighted by Gasteiger charge is 2.23. The third-order valence-electron chi connectivity index (χ3n) is 15.0. The summed E-state index contributed by atoms with van der Waals surface area (Å²) in [5.41, 5.74) is 6.14. The molecule has 0 radical (unpaired) electrons. The van der Waals surface area contributed by atoms with Gasteiger partial charge in [-0.3, -0.25) is 39.6 Å². The van der Waals surface area contributed by atoms with Crippen LogP contribution in [0.5, 0.6) is 0 Å². The summed E-state index contributed by atoms with van der Waals surface area (Å²) in [6.45, 7) is 12.1. The van der Waals surface area contributed by atoms with Crippen molar-refractivity contribution in [1.29, 1.82) is 0 Å². The lowest BCUT2D eigenvalue weighted by molar-refractivity contribution is 0.237. The molecule has 0 saturated heterocycles. The SMILES string of the molecule is CC(C)NC(=O)n1ncc2c3[nH]n(-c4ccc(Br)cc4)c(=O)c3cnc21.CC(C)NC(=O)n1ncc2c3[nH]n(-c4ccsc4)c(=O)c3cnc21.CCNC(=O)n1ncc2c3[nH]n(-c4ccc(Br)cc4)c(=O)c3cnc21.CCNC(=O)n1ncc2c3[nH]n(-c4ccsc4)c(=O)c3cnc21. The summed E-state index contributed by atoms with van der Waals surface area (Å²) in [7, 11) is 0. The van der Waals surface area contributed by atoms with E-state index in [1.54, 1.807) is 6.20 Å². The predicted octanol–water partition coefficient (Wildman–Crippen LogP) is 8.99. The van der Waals surface area contributed by atoms with Crippen molar-refractivity contribution in [2.24, 2.45) is 0 Å². The van der Waals surface area contributed by atoms with Crippen LogP contribution in [0, 0.1) is 0 Å². The van der Waals surface area contributed by atoms with Gasteiger partial charge in [-0.2, -0.15) is 61.8 Å². The van der Waals surface area contributed by atoms with E-state index in [1.165, 1.54) is 104 Å². The molecule has 0 fully saturated rings. The quantitative estimate of drug-likeness (QED) is 0.0703. The maximum atomic E-state index is 12.7. The summed E-state index contributed by atoms with van der Waals surface area (Å²) in [5, 5.41) is 51.5. The zero-order valence-corrected chi connectivity index (χ0v) is 57.1. The number of thiophene rings is 2. The number of hydrogen-bond acceptors (Lipinski definition) is 18. The molecule has 4 amide bonds. The van der Waals surface area contributed by atoms with Gasteiger partial charge in [0.25, 0.3) is 22.2 Å². The van der Waals surface area contributed by atoms with Crippen LogP contribution in [0.1, 0.15) is 41.5 Å². The molecule has 0 saturated carbocycles. The number of carbonyl (C=O) groups excluding carboxylic acids is 4. The first-order valence-corrected chi connectivity index (χ1v) is 33.4. The van der Waals surface area contributed by atoms with Crippen LogP contribution in [-0.4, -0.2) is 147 Å². The minimum absolute atomic E-state index is 0.0139. The molecule has 2 aromatic carbocycles. The molecule has 98 heavy (non-hydrogen) atoms. The minimum Gasteiger partial charge on any atom is -0.336 e. The van der Waals surface area contributed by atoms with Crippen molar-refractivity contribution in [2.45, 2.75) is 53.6 Å². The number of amides is 4. The van der Waals surface area contributed by atoms with Crippen LogP contribution in [0.3, 0.4) is 0 Å². The lowest BCUT2D eigenvalue weighted by Crippen LogP contribution is -2.34. The maximum Gasteiger partial charge on any atom is 0.344 e. The summed E-state index contributed by atoms with van der Waals surface area (Å²) < 4.78 is 12.5. The number of rotatable bonds is 8. The molecule has 0 atom stereocenters. The molecule has 496 valence electrons. The molecule has 14 heterocycles. The number of carbonyl (C=O) groups is 4. The molecule has 0 aliphatic heterocycles. The maximum absolute atomic E-state index is 12.7. The summed E-state index contributed by atoms with van der Waals surface area (Å²) in [4.78, 5) is 116. The highest BCUT2D eigenvalue weighted by molar-refractivity contribution is 9.10. The monoisotopic (exact) mass is 1480 g/mol. The van der Waals surface area contributed by atoms with Crippen LogP contribution in [0.25, 0.3) is 110 Å². The molecule has 32 nitrogen and oxygen atoms in total. The molecule has 0 spiro atoms. The Bertz CT molecular complexity index is 5980. The number of aromatic nitrogens is 20. The van der Waals surface area contributed by atoms with Crippen LogP contribution < -0.4 is 43.5 Å². The Kier molecular flexibility index (Phi) is 17.8. The van der Waals surface area contributed by atoms with Gasteiger partial charge >= 0.3 is 24.1 Å². The summed E-state index contributed by atoms with van der Waals surface area (Å²) in [6.07, 6.45) is 12.0. The number of benzene rings is 2. The number of halogens is 2. The number of H-pyrrole nitrogens is 4. The van der Waals surface area contributed by atoms with Crippen LogP contribution in [0.2, 0.25) is 0 Å². The van der Waals surface area contributed by atoms with Crippen LogP contribution in [0.15, 0.2) is 160 Å². The van der Waals surface area contributed by atoms with Crippen molar-refractivity contribution in [1.82, 2.24) is 119 Å². The average molecular weight is 1490 g/mol. The van der Waals surface area contributed by atoms with Crippen LogP contribution in [0.4, 0.5) is 19.2 Å². The first-order valence-electron chi connectivity index (χ1n) is 30.0. The fourth-order valence-electron chi connectivity index (χ4n) is 10.5. The van der Waals surface area contributed by atoms with E-state index in [1.807, 2.05) is 124 Å². The molecule has 0 unspecified atom stereocenters. The van der Waals surface area contributed by atoms with E-state index >= 15 is 0 Å². The number of fused-ring (bicyclic) bond motifs is 12. The van der Waals surface area contributed by atoms with Crippen molar-refractivity contribution < 1.29 is 19.2 Å². The third-order valence-corrected chi connectivity index (χ3v) is 17.4. The molecule has 14 aromatic heterocycles. The van der Waals surface area contributed by atoms with E-state index in [0.717, 1.165) is 20.3 Å². The second kappa shape index (κ2) is 26.8. The summed E-state index contributed by atoms with van der Waals surface area (Å²) in [5.74, 6) is 0. The van der Waals surface area contributed by atoms with Crippen LogP contribution in [-0.2, 0) is 0 Å². The fraction of sp³-hybridized carbons (Fsp3) is 0.161. The van der Waals surface area contributed by atoms with Gasteiger partial charge in [-0.25, -0.2) is 57.8 Å². The number of nitrogens with zero attached hydrogens (tertiary/aromatic N) is 16. The Hall–Kier alpha value is -11.8. The Morgan fingerprint density at radius 3 is 0.929 bits per heavy atom. The van der Waals surface area contributed by atoms with Gasteiger partial charge in [0.1, 0.15) is 0 Å². The lowest BCUT2D eigenvalue weighted by atomic mass is 10.2. The van der Waals surface area contributed by atoms with E-state index in [9.17, 15) is 38.4 Å². The highest BCUT2D eigenvalue weighted by Crippen LogP contribution is 2.26. The normalized spacial score (nSPS) is 11.4. The van der Waals surface area contributed by atoms with Gasteiger partial charge in [0.15, 0.2) is 22.6 Å². The van der Waals surface area contributed by atoms with E-state index in [0.29, 0.717) is 112 Å². The van der Waals surface area contributed by atoms with Gasteiger partial charge in [-0.05, 0) is 113 Å². The zero-order chi connectivity index (χ0) is 68.8. The van der Waals surface area contributed by atoms with E-state index in [4.69, 9.17) is 0 Å². The molecule has 16 aromatic rings. The van der Waals surface area contributed by atoms with Gasteiger partial charge in [-0.1, -0.05) is 31.9 Å². The second-order valence-electron chi connectivity index (χ2n) is 22.2. The topological polar surface area (TPSA) is 390 Å². The number of pyridine rings is 4. The first kappa shape index (κ1) is 64.9. The Morgan fingerprint density at radius 1 is 0.398 bits per heavy atom. The molecule has 0 aliphatic carbocycles. The fourth-order valence-corrected chi connectivity index (χ4v) is 12.3. The Balaban J connectivity index is 0.000000118. The van der Waals surface area contributed by atoms with Crippen molar-refractivity contribution in [3.8, 4) is 22.7 Å². The molecule has 36 heteroatoms. The van der Waals surface area contributed by atoms with Gasteiger partial charge in [0.05, 0.1) is 113 Å². The van der Waals surface area contributed by atoms with Gasteiger partial charge < -0.3 is 21.3 Å². The van der Waals surface area contributed by atoms with E-state index in [-0.39, 0.29) is 58.4 Å². The van der Waals surface area contributed by atoms with Crippen molar-refractivity contribution >= 4 is 166 Å². The van der Waals surface area contributed by atoms with Crippen molar-refractivity contribution in [2.75, 3.05) is 13.1 Å². The molecule has 0 bridgehead atoms. The van der Waals surface area contributed by atoms with Crippen molar-refractivity contribution in [3.05, 3.63) is 182 Å². The van der Waals surface area contributed by atoms with Crippen molar-refractivity contribution in [3.63, 3.8) is 0 Å². The Labute approximate surface area is 573 Å². The van der Waals surface area contributed by atoms with Gasteiger partial charge in [-0.15, -0.1) is 0 Å². The summed E-state index contributed by atoms with van der Waals surface area (Å²) >= 11 is 9.77. The number of hydrogen-bond donors (Lipinski definition) is 8. The molecule has 0 aliphatic rings. The third kappa shape index (κ3) is 12.0. The molecule has 16 rings (SSSR count). The van der Waals surface area contributed by atoms with Gasteiger partial charge in [0.2, 0.25) is 0 Å². The minimum atomic E-state index is -0.364. The predicted molar refractivity (Wildman–Crippen MR) is 378 cm³/mol. The van der Waals surface area contributed by atoms with E-state index < -0.39 is 0 Å². The standard InChI is InChI=1S/C17H15BrN6O2.C16H13BrN6O2.C15H14N6O2S.C14H12N6O2S/c1-9(2)21-17(26)24-15-12(8-20-24)14-13(7-19-15)16(25)23(22-14)11-5-3-10(18)4-6-11;1-2-18-16(25)23-14-11(8-20-23)13-12(7-19-14)15(24)22(21-13)10-5-3-9(17)4-6-10;1-8(2)18-15(23)21-13-10(6-17-21)12-11(5-16-13)14(22)20(19-12)9-3-4-24-7-9;1-2-15-14(22)20-12-9(6-17-20)11-10(5-16-12)13(21)19(18-11)8-3-4-23-7-8/h3-9,22H,1-2H3,(H,21,26);3-8,21H,2H2,1H3,(H,18,25);3-8,19H,1-2H3,(H,18,23);3-7,18H,2H2,1H3,(H,15,22). The Morgan fingerprint density at radius 2 is 0.673 bits per heavy atom. The number of nitrogens with one attached hydrogen (secondary N) is 8. The first-order chi connectivity index (χ1) is 47.3. The lowest BCUT2D eigenvalue weighted by Gasteiger charge is -2.07. The molecular weight excluding hydrogens is 1430 g/mol. The van der Waals surface area contributed by atoms with E-state index in [2.05, 4.69) is 114 Å². The number of aromatic amines is 4. The highest BCUT2D eigenvalue weighted by atomic mass is 79.9. The summed E-state index contributed by atoms with van der Waals surface area (Å²) in [6, 6.07) is 17.0. The second-order valence-corrected chi connectivity index (χ2v) is 25.6.